The normalized spacial score (nSPS) is 11.7. The van der Waals surface area contributed by atoms with Crippen molar-refractivity contribution in [1.82, 2.24) is 0 Å². The van der Waals surface area contributed by atoms with Crippen LogP contribution in [0.5, 0.6) is 0 Å². The van der Waals surface area contributed by atoms with Crippen molar-refractivity contribution in [3.63, 3.8) is 0 Å². The number of amides is 1. The Bertz CT molecular complexity index is 752. The number of anilines is 1. The highest BCUT2D eigenvalue weighted by Gasteiger charge is 2.21. The van der Waals surface area contributed by atoms with E-state index >= 15 is 0 Å². The Morgan fingerprint density at radius 2 is 1.87 bits per heavy atom. The van der Waals surface area contributed by atoms with Crippen LogP contribution >= 0.6 is 23.2 Å². The van der Waals surface area contributed by atoms with Crippen LogP contribution < -0.4 is 5.32 Å². The van der Waals surface area contributed by atoms with Gasteiger partial charge in [0.15, 0.2) is 6.10 Å². The third-order valence-corrected chi connectivity index (χ3v) is 3.50. The number of esters is 1. The first kappa shape index (κ1) is 17.2. The van der Waals surface area contributed by atoms with Crippen molar-refractivity contribution < 1.29 is 18.7 Å². The molecule has 0 saturated carbocycles. The lowest BCUT2D eigenvalue weighted by atomic mass is 10.2. The first-order valence-corrected chi connectivity index (χ1v) is 7.35. The maximum absolute atomic E-state index is 13.5. The van der Waals surface area contributed by atoms with Gasteiger partial charge in [-0.1, -0.05) is 35.3 Å². The number of rotatable bonds is 4. The summed E-state index contributed by atoms with van der Waals surface area (Å²) < 4.78 is 18.5. The lowest BCUT2D eigenvalue weighted by Crippen LogP contribution is -2.30. The summed E-state index contributed by atoms with van der Waals surface area (Å²) in [5.74, 6) is -2.05. The maximum Gasteiger partial charge on any atom is 0.340 e. The van der Waals surface area contributed by atoms with Gasteiger partial charge in [0.05, 0.1) is 16.3 Å². The molecule has 0 aliphatic carbocycles. The number of hydrogen-bond donors (Lipinski definition) is 1. The molecule has 1 amide bonds. The van der Waals surface area contributed by atoms with Crippen molar-refractivity contribution in [2.75, 3.05) is 5.32 Å². The van der Waals surface area contributed by atoms with Gasteiger partial charge in [0, 0.05) is 5.02 Å². The molecule has 0 aliphatic rings. The predicted molar refractivity (Wildman–Crippen MR) is 86.4 cm³/mol. The smallest absolute Gasteiger partial charge is 0.340 e. The van der Waals surface area contributed by atoms with Crippen molar-refractivity contribution in [1.29, 1.82) is 0 Å². The zero-order valence-corrected chi connectivity index (χ0v) is 13.5. The molecule has 2 aromatic rings. The van der Waals surface area contributed by atoms with E-state index in [-0.39, 0.29) is 16.3 Å². The standard InChI is InChI=1S/C16H12Cl2FNO3/c1-9(15(21)20-14-5-3-2-4-13(14)19)23-16(22)11-8-10(17)6-7-12(11)18/h2-9H,1H3,(H,20,21)/t9-/m0/s1. The SMILES string of the molecule is C[C@H](OC(=O)c1cc(Cl)ccc1Cl)C(=O)Nc1ccccc1F. The van der Waals surface area contributed by atoms with Crippen LogP contribution in [0.3, 0.4) is 0 Å². The first-order valence-electron chi connectivity index (χ1n) is 6.60. The summed E-state index contributed by atoms with van der Waals surface area (Å²) in [6.07, 6.45) is -1.14. The highest BCUT2D eigenvalue weighted by atomic mass is 35.5. The maximum atomic E-state index is 13.5. The van der Waals surface area contributed by atoms with Crippen LogP contribution in [-0.2, 0) is 9.53 Å². The van der Waals surface area contributed by atoms with E-state index in [4.69, 9.17) is 27.9 Å². The molecule has 0 aromatic heterocycles. The minimum absolute atomic E-state index is 0.00110. The van der Waals surface area contributed by atoms with Crippen molar-refractivity contribution in [2.24, 2.45) is 0 Å². The molecule has 120 valence electrons. The minimum atomic E-state index is -1.14. The molecule has 1 atom stereocenters. The molecule has 0 heterocycles. The van der Waals surface area contributed by atoms with Crippen LogP contribution in [0.25, 0.3) is 0 Å². The van der Waals surface area contributed by atoms with Crippen molar-refractivity contribution in [3.05, 3.63) is 63.9 Å². The fraction of sp³-hybridized carbons (Fsp3) is 0.125. The summed E-state index contributed by atoms with van der Waals surface area (Å²) in [6, 6.07) is 9.98. The Morgan fingerprint density at radius 3 is 2.57 bits per heavy atom. The molecule has 0 radical (unpaired) electrons. The number of hydrogen-bond acceptors (Lipinski definition) is 3. The molecule has 2 aromatic carbocycles. The van der Waals surface area contributed by atoms with Crippen molar-refractivity contribution >= 4 is 40.8 Å². The summed E-state index contributed by atoms with van der Waals surface area (Å²) >= 11 is 11.7. The van der Waals surface area contributed by atoms with E-state index in [9.17, 15) is 14.0 Å². The summed E-state index contributed by atoms with van der Waals surface area (Å²) in [7, 11) is 0. The van der Waals surface area contributed by atoms with Crippen LogP contribution in [0, 0.1) is 5.82 Å². The number of benzene rings is 2. The van der Waals surface area contributed by atoms with Crippen molar-refractivity contribution in [2.45, 2.75) is 13.0 Å². The summed E-state index contributed by atoms with van der Waals surface area (Å²) in [6.45, 7) is 1.37. The van der Waals surface area contributed by atoms with Gasteiger partial charge in [0.2, 0.25) is 0 Å². The van der Waals surface area contributed by atoms with Crippen LogP contribution in [0.15, 0.2) is 42.5 Å². The largest absolute Gasteiger partial charge is 0.449 e. The monoisotopic (exact) mass is 355 g/mol. The Labute approximate surface area is 142 Å². The lowest BCUT2D eigenvalue weighted by molar-refractivity contribution is -0.123. The molecular formula is C16H12Cl2FNO3. The molecule has 0 spiro atoms. The summed E-state index contributed by atoms with van der Waals surface area (Å²) in [4.78, 5) is 24.0. The van der Waals surface area contributed by atoms with Gasteiger partial charge < -0.3 is 10.1 Å². The fourth-order valence-electron chi connectivity index (χ4n) is 1.73. The topological polar surface area (TPSA) is 55.4 Å². The molecule has 0 bridgehead atoms. The van der Waals surface area contributed by atoms with Gasteiger partial charge in [-0.05, 0) is 37.3 Å². The van der Waals surface area contributed by atoms with Crippen LogP contribution in [0.1, 0.15) is 17.3 Å². The number of halogens is 3. The Kier molecular flexibility index (Phi) is 5.58. The van der Waals surface area contributed by atoms with Gasteiger partial charge in [0.25, 0.3) is 5.91 Å². The molecular weight excluding hydrogens is 344 g/mol. The van der Waals surface area contributed by atoms with E-state index in [2.05, 4.69) is 5.32 Å². The number of carbonyl (C=O) groups is 2. The van der Waals surface area contributed by atoms with E-state index in [1.165, 1.54) is 43.3 Å². The summed E-state index contributed by atoms with van der Waals surface area (Å²) in [5.41, 5.74) is 0.0471. The number of ether oxygens (including phenoxy) is 1. The quantitative estimate of drug-likeness (QED) is 0.831. The van der Waals surface area contributed by atoms with Crippen LogP contribution in [0.4, 0.5) is 10.1 Å². The predicted octanol–water partition coefficient (Wildman–Crippen LogP) is 4.32. The summed E-state index contributed by atoms with van der Waals surface area (Å²) in [5, 5.41) is 2.81. The van der Waals surface area contributed by atoms with Gasteiger partial charge in [-0.25, -0.2) is 9.18 Å². The Hall–Kier alpha value is -2.11. The van der Waals surface area contributed by atoms with Crippen LogP contribution in [-0.4, -0.2) is 18.0 Å². The highest BCUT2D eigenvalue weighted by Crippen LogP contribution is 2.22. The van der Waals surface area contributed by atoms with E-state index in [1.54, 1.807) is 6.07 Å². The average molecular weight is 356 g/mol. The van der Waals surface area contributed by atoms with E-state index in [0.717, 1.165) is 0 Å². The second-order valence-corrected chi connectivity index (χ2v) is 5.48. The molecule has 23 heavy (non-hydrogen) atoms. The third kappa shape index (κ3) is 4.43. The van der Waals surface area contributed by atoms with E-state index < -0.39 is 23.8 Å². The fourth-order valence-corrected chi connectivity index (χ4v) is 2.10. The minimum Gasteiger partial charge on any atom is -0.449 e. The molecule has 2 rings (SSSR count). The van der Waals surface area contributed by atoms with E-state index in [0.29, 0.717) is 5.02 Å². The molecule has 4 nitrogen and oxygen atoms in total. The Balaban J connectivity index is 2.05. The first-order chi connectivity index (χ1) is 10.9. The zero-order chi connectivity index (χ0) is 17.0. The van der Waals surface area contributed by atoms with Crippen LogP contribution in [0.2, 0.25) is 10.0 Å². The third-order valence-electron chi connectivity index (χ3n) is 2.93. The molecule has 0 aliphatic heterocycles. The van der Waals surface area contributed by atoms with Crippen molar-refractivity contribution in [3.8, 4) is 0 Å². The highest BCUT2D eigenvalue weighted by molar-refractivity contribution is 6.35. The number of carbonyl (C=O) groups excluding carboxylic acids is 2. The zero-order valence-electron chi connectivity index (χ0n) is 12.0. The number of para-hydroxylation sites is 1. The Morgan fingerprint density at radius 1 is 1.17 bits per heavy atom. The second kappa shape index (κ2) is 7.44. The molecule has 7 heteroatoms. The number of nitrogens with one attached hydrogen (secondary N) is 1. The van der Waals surface area contributed by atoms with E-state index in [1.807, 2.05) is 0 Å². The molecule has 0 saturated heterocycles. The second-order valence-electron chi connectivity index (χ2n) is 4.64. The molecule has 0 unspecified atom stereocenters. The van der Waals surface area contributed by atoms with Gasteiger partial charge in [-0.15, -0.1) is 0 Å². The van der Waals surface area contributed by atoms with Gasteiger partial charge in [0.1, 0.15) is 5.82 Å². The van der Waals surface area contributed by atoms with Gasteiger partial charge >= 0.3 is 5.97 Å². The van der Waals surface area contributed by atoms with Gasteiger partial charge in [-0.3, -0.25) is 4.79 Å². The van der Waals surface area contributed by atoms with Gasteiger partial charge in [-0.2, -0.15) is 0 Å². The average Bonchev–Trinajstić information content (AvgIpc) is 2.51. The molecule has 1 N–H and O–H groups in total. The lowest BCUT2D eigenvalue weighted by Gasteiger charge is -2.14. The molecule has 0 fully saturated rings.